The van der Waals surface area contributed by atoms with Crippen LogP contribution in [0.1, 0.15) is 51.3 Å². The van der Waals surface area contributed by atoms with Gasteiger partial charge >= 0.3 is 6.09 Å². The maximum Gasteiger partial charge on any atom is 0.407 e. The maximum atomic E-state index is 13.9. The highest BCUT2D eigenvalue weighted by Gasteiger charge is 2.50. The van der Waals surface area contributed by atoms with Crippen molar-refractivity contribution in [3.63, 3.8) is 0 Å². The zero-order chi connectivity index (χ0) is 31.7. The first kappa shape index (κ1) is 33.9. The standard InChI is InChI=1S/C32H44N4O6S/c1-7-42-31(41)35-25(20(2)3)28(38)34-24(17-22-14-9-8-10-15-22)26(37)30(40)36-19-43-32(5,6)27(36)29(39)33-18-23-16-12-11-13-21(23)4/h8-16,20,24-27,37H,7,17-19H2,1-6H3,(H,33,39)(H,34,38)(H,35,41)/t24-,25-,26-,27+/m0/s1. The van der Waals surface area contributed by atoms with Crippen LogP contribution in [0.2, 0.25) is 0 Å². The van der Waals surface area contributed by atoms with E-state index in [1.807, 2.05) is 75.4 Å². The van der Waals surface area contributed by atoms with E-state index in [-0.39, 0.29) is 30.7 Å². The van der Waals surface area contributed by atoms with Crippen molar-refractivity contribution in [3.8, 4) is 0 Å². The van der Waals surface area contributed by atoms with E-state index in [1.54, 1.807) is 20.8 Å². The van der Waals surface area contributed by atoms with Crippen LogP contribution in [-0.4, -0.2) is 75.3 Å². The molecule has 1 saturated heterocycles. The molecule has 4 atom stereocenters. The van der Waals surface area contributed by atoms with E-state index in [2.05, 4.69) is 16.0 Å². The molecule has 4 amide bonds. The van der Waals surface area contributed by atoms with Gasteiger partial charge in [-0.05, 0) is 56.7 Å². The fraction of sp³-hybridized carbons (Fsp3) is 0.500. The number of carbonyl (C=O) groups is 4. The summed E-state index contributed by atoms with van der Waals surface area (Å²) in [5, 5.41) is 19.8. The van der Waals surface area contributed by atoms with Crippen LogP contribution < -0.4 is 16.0 Å². The number of carbonyl (C=O) groups excluding carboxylic acids is 4. The first-order chi connectivity index (χ1) is 20.4. The predicted molar refractivity (Wildman–Crippen MR) is 167 cm³/mol. The molecule has 3 rings (SSSR count). The van der Waals surface area contributed by atoms with Gasteiger partial charge in [-0.25, -0.2) is 4.79 Å². The smallest absolute Gasteiger partial charge is 0.407 e. The number of benzene rings is 2. The first-order valence-corrected chi connectivity index (χ1v) is 15.6. The Morgan fingerprint density at radius 2 is 1.70 bits per heavy atom. The number of ether oxygens (including phenoxy) is 1. The van der Waals surface area contributed by atoms with Gasteiger partial charge in [-0.2, -0.15) is 0 Å². The second-order valence-electron chi connectivity index (χ2n) is 11.6. The minimum atomic E-state index is -1.65. The average Bonchev–Trinajstić information content (AvgIpc) is 3.29. The van der Waals surface area contributed by atoms with Gasteiger partial charge in [0, 0.05) is 11.3 Å². The molecule has 2 aromatic carbocycles. The van der Waals surface area contributed by atoms with Crippen LogP contribution in [0.15, 0.2) is 54.6 Å². The van der Waals surface area contributed by atoms with Crippen molar-refractivity contribution in [1.82, 2.24) is 20.9 Å². The molecule has 11 heteroatoms. The molecule has 234 valence electrons. The third-order valence-electron chi connectivity index (χ3n) is 7.55. The molecule has 0 bridgehead atoms. The van der Waals surface area contributed by atoms with Gasteiger partial charge < -0.3 is 30.7 Å². The molecule has 0 saturated carbocycles. The molecule has 0 aliphatic carbocycles. The lowest BCUT2D eigenvalue weighted by atomic mass is 9.96. The largest absolute Gasteiger partial charge is 0.450 e. The summed E-state index contributed by atoms with van der Waals surface area (Å²) in [5.74, 6) is -1.63. The van der Waals surface area contributed by atoms with Gasteiger partial charge in [0.2, 0.25) is 11.8 Å². The molecule has 10 nitrogen and oxygen atoms in total. The Morgan fingerprint density at radius 3 is 2.33 bits per heavy atom. The number of hydrogen-bond donors (Lipinski definition) is 4. The molecular formula is C32H44N4O6S. The van der Waals surface area contributed by atoms with Gasteiger partial charge in [0.15, 0.2) is 6.10 Å². The molecule has 1 aliphatic rings. The van der Waals surface area contributed by atoms with E-state index in [0.717, 1.165) is 16.7 Å². The Kier molecular flexibility index (Phi) is 12.0. The summed E-state index contributed by atoms with van der Waals surface area (Å²) in [7, 11) is 0. The third-order valence-corrected chi connectivity index (χ3v) is 8.92. The molecular weight excluding hydrogens is 568 g/mol. The van der Waals surface area contributed by atoms with E-state index >= 15 is 0 Å². The number of amides is 4. The number of aliphatic hydroxyl groups excluding tert-OH is 1. The predicted octanol–water partition coefficient (Wildman–Crippen LogP) is 3.15. The van der Waals surface area contributed by atoms with E-state index in [1.165, 1.54) is 16.7 Å². The summed E-state index contributed by atoms with van der Waals surface area (Å²) in [6.45, 7) is 11.4. The van der Waals surface area contributed by atoms with Crippen molar-refractivity contribution in [3.05, 3.63) is 71.3 Å². The van der Waals surface area contributed by atoms with Gasteiger partial charge in [-0.3, -0.25) is 14.4 Å². The normalized spacial score (nSPS) is 18.0. The van der Waals surface area contributed by atoms with E-state index in [4.69, 9.17) is 4.74 Å². The van der Waals surface area contributed by atoms with Crippen LogP contribution in [-0.2, 0) is 32.1 Å². The number of nitrogens with one attached hydrogen (secondary N) is 3. The number of rotatable bonds is 12. The van der Waals surface area contributed by atoms with E-state index in [0.29, 0.717) is 6.54 Å². The van der Waals surface area contributed by atoms with Gasteiger partial charge in [0.05, 0.1) is 18.5 Å². The monoisotopic (exact) mass is 612 g/mol. The second kappa shape index (κ2) is 15.2. The van der Waals surface area contributed by atoms with Gasteiger partial charge in [0.25, 0.3) is 5.91 Å². The van der Waals surface area contributed by atoms with Crippen LogP contribution in [0.25, 0.3) is 0 Å². The van der Waals surface area contributed by atoms with Crippen molar-refractivity contribution in [2.75, 3.05) is 12.5 Å². The fourth-order valence-electron chi connectivity index (χ4n) is 5.06. The van der Waals surface area contributed by atoms with Crippen LogP contribution in [0.4, 0.5) is 4.79 Å². The lowest BCUT2D eigenvalue weighted by Gasteiger charge is -2.34. The molecule has 1 aliphatic heterocycles. The summed E-state index contributed by atoms with van der Waals surface area (Å²) in [5.41, 5.74) is 2.81. The second-order valence-corrected chi connectivity index (χ2v) is 13.2. The van der Waals surface area contributed by atoms with Crippen LogP contribution >= 0.6 is 11.8 Å². The summed E-state index contributed by atoms with van der Waals surface area (Å²) >= 11 is 1.45. The van der Waals surface area contributed by atoms with Gasteiger partial charge in [-0.1, -0.05) is 68.4 Å². The zero-order valence-corrected chi connectivity index (χ0v) is 26.6. The Morgan fingerprint density at radius 1 is 1.05 bits per heavy atom. The number of thioether (sulfide) groups is 1. The van der Waals surface area contributed by atoms with Crippen molar-refractivity contribution < 1.29 is 29.0 Å². The van der Waals surface area contributed by atoms with Crippen LogP contribution in [0.3, 0.4) is 0 Å². The highest BCUT2D eigenvalue weighted by Crippen LogP contribution is 2.40. The fourth-order valence-corrected chi connectivity index (χ4v) is 6.20. The number of nitrogens with zero attached hydrogens (tertiary/aromatic N) is 1. The Hall–Kier alpha value is -3.57. The number of aryl methyl sites for hydroxylation is 1. The highest BCUT2D eigenvalue weighted by atomic mass is 32.2. The minimum absolute atomic E-state index is 0.145. The van der Waals surface area contributed by atoms with Crippen molar-refractivity contribution >= 4 is 35.6 Å². The van der Waals surface area contributed by atoms with Crippen molar-refractivity contribution in [2.45, 2.75) is 83.5 Å². The maximum absolute atomic E-state index is 13.9. The quantitative estimate of drug-likeness (QED) is 0.289. The third kappa shape index (κ3) is 8.96. The molecule has 43 heavy (non-hydrogen) atoms. The summed E-state index contributed by atoms with van der Waals surface area (Å²) < 4.78 is 4.34. The Labute approximate surface area is 258 Å². The molecule has 1 fully saturated rings. The lowest BCUT2D eigenvalue weighted by molar-refractivity contribution is -0.148. The molecule has 0 aromatic heterocycles. The molecule has 0 unspecified atom stereocenters. The lowest BCUT2D eigenvalue weighted by Crippen LogP contribution is -2.60. The SMILES string of the molecule is CCOC(=O)N[C@H](C(=O)N[C@@H](Cc1ccccc1)[C@H](O)C(=O)N1CSC(C)(C)[C@H]1C(=O)NCc1ccccc1C)C(C)C. The van der Waals surface area contributed by atoms with Crippen molar-refractivity contribution in [2.24, 2.45) is 5.92 Å². The molecule has 0 radical (unpaired) electrons. The minimum Gasteiger partial charge on any atom is -0.450 e. The van der Waals surface area contributed by atoms with E-state index in [9.17, 15) is 24.3 Å². The van der Waals surface area contributed by atoms with Crippen LogP contribution in [0, 0.1) is 12.8 Å². The first-order valence-electron chi connectivity index (χ1n) is 14.6. The summed E-state index contributed by atoms with van der Waals surface area (Å²) in [6, 6.07) is 14.1. The molecule has 4 N–H and O–H groups in total. The highest BCUT2D eigenvalue weighted by molar-refractivity contribution is 8.00. The number of alkyl carbamates (subject to hydrolysis) is 1. The van der Waals surface area contributed by atoms with E-state index < -0.39 is 46.9 Å². The molecule has 1 heterocycles. The zero-order valence-electron chi connectivity index (χ0n) is 25.8. The topological polar surface area (TPSA) is 137 Å². The van der Waals surface area contributed by atoms with Crippen LogP contribution in [0.5, 0.6) is 0 Å². The molecule has 0 spiro atoms. The van der Waals surface area contributed by atoms with Gasteiger partial charge in [0.1, 0.15) is 12.1 Å². The Bertz CT molecular complexity index is 1270. The Balaban J connectivity index is 1.83. The summed E-state index contributed by atoms with van der Waals surface area (Å²) in [4.78, 5) is 54.3. The molecule has 2 aromatic rings. The summed E-state index contributed by atoms with van der Waals surface area (Å²) in [6.07, 6.45) is -2.23. The average molecular weight is 613 g/mol. The number of aliphatic hydroxyl groups is 1. The van der Waals surface area contributed by atoms with Crippen molar-refractivity contribution in [1.29, 1.82) is 0 Å². The van der Waals surface area contributed by atoms with Gasteiger partial charge in [-0.15, -0.1) is 11.8 Å². The number of hydrogen-bond acceptors (Lipinski definition) is 7.